The molecule has 0 heterocycles. The summed E-state index contributed by atoms with van der Waals surface area (Å²) in [5.74, 6) is -0.547. The Morgan fingerprint density at radius 3 is 2.60 bits per heavy atom. The van der Waals surface area contributed by atoms with Crippen molar-refractivity contribution in [1.29, 1.82) is 0 Å². The van der Waals surface area contributed by atoms with E-state index in [-0.39, 0.29) is 11.9 Å². The Bertz CT molecular complexity index is 263. The minimum Gasteiger partial charge on any atom is -0.466 e. The lowest BCUT2D eigenvalue weighted by Gasteiger charge is -2.09. The molecule has 0 aliphatic rings. The van der Waals surface area contributed by atoms with E-state index in [1.165, 1.54) is 0 Å². The average Bonchev–Trinajstić information content (AvgIpc) is 2.15. The van der Waals surface area contributed by atoms with Crippen molar-refractivity contribution in [3.8, 4) is 0 Å². The van der Waals surface area contributed by atoms with Gasteiger partial charge in [-0.25, -0.2) is 10.2 Å². The van der Waals surface area contributed by atoms with Gasteiger partial charge in [0.25, 0.3) is 0 Å². The summed E-state index contributed by atoms with van der Waals surface area (Å²) >= 11 is 0. The molecule has 0 spiro atoms. The Balaban J connectivity index is 4.05. The molecule has 6 nitrogen and oxygen atoms in total. The predicted octanol–water partition coefficient (Wildman–Crippen LogP) is 0.620. The van der Waals surface area contributed by atoms with E-state index in [0.29, 0.717) is 18.7 Å². The smallest absolute Gasteiger partial charge is 0.332 e. The van der Waals surface area contributed by atoms with E-state index in [2.05, 4.69) is 10.5 Å². The van der Waals surface area contributed by atoms with Gasteiger partial charge in [0.05, 0.1) is 12.5 Å². The number of hydrazone groups is 1. The fraction of sp³-hybridized carbons (Fsp3) is 0.667. The van der Waals surface area contributed by atoms with Crippen LogP contribution in [0.25, 0.3) is 0 Å². The molecule has 1 atom stereocenters. The molecule has 0 saturated carbocycles. The summed E-state index contributed by atoms with van der Waals surface area (Å²) < 4.78 is 4.82. The molecule has 0 bridgehead atoms. The molecule has 0 aliphatic heterocycles. The molecule has 86 valence electrons. The maximum absolute atomic E-state index is 11.2. The highest BCUT2D eigenvalue weighted by Crippen LogP contribution is 2.05. The molecular weight excluding hydrogens is 198 g/mol. The fourth-order valence-electron chi connectivity index (χ4n) is 1.01. The molecule has 6 heteroatoms. The van der Waals surface area contributed by atoms with Gasteiger partial charge < -0.3 is 10.5 Å². The highest BCUT2D eigenvalue weighted by molar-refractivity contribution is 5.87. The van der Waals surface area contributed by atoms with E-state index in [4.69, 9.17) is 10.5 Å². The first-order valence-electron chi connectivity index (χ1n) is 4.72. The number of esters is 1. The lowest BCUT2D eigenvalue weighted by Crippen LogP contribution is -2.26. The zero-order valence-electron chi connectivity index (χ0n) is 9.24. The zero-order valence-corrected chi connectivity index (χ0v) is 9.24. The first kappa shape index (κ1) is 13.4. The van der Waals surface area contributed by atoms with Crippen molar-refractivity contribution in [3.05, 3.63) is 0 Å². The molecular formula is C9H17N3O3. The van der Waals surface area contributed by atoms with Gasteiger partial charge in [0.1, 0.15) is 0 Å². The second kappa shape index (κ2) is 6.80. The van der Waals surface area contributed by atoms with Gasteiger partial charge in [-0.1, -0.05) is 6.92 Å². The minimum absolute atomic E-state index is 0.272. The number of nitrogens with one attached hydrogen (secondary N) is 1. The van der Waals surface area contributed by atoms with Gasteiger partial charge >= 0.3 is 12.0 Å². The van der Waals surface area contributed by atoms with Crippen LogP contribution in [0.15, 0.2) is 5.10 Å². The van der Waals surface area contributed by atoms with Crippen molar-refractivity contribution in [2.75, 3.05) is 6.61 Å². The summed E-state index contributed by atoms with van der Waals surface area (Å²) in [5.41, 5.74) is 7.55. The predicted molar refractivity (Wildman–Crippen MR) is 56.2 cm³/mol. The second-order valence-corrected chi connectivity index (χ2v) is 3.18. The van der Waals surface area contributed by atoms with E-state index >= 15 is 0 Å². The van der Waals surface area contributed by atoms with Gasteiger partial charge in [-0.15, -0.1) is 0 Å². The minimum atomic E-state index is -0.724. The van der Waals surface area contributed by atoms with Crippen LogP contribution in [0.4, 0.5) is 4.79 Å². The average molecular weight is 215 g/mol. The number of urea groups is 1. The third-order valence-corrected chi connectivity index (χ3v) is 1.65. The van der Waals surface area contributed by atoms with E-state index < -0.39 is 6.03 Å². The molecule has 0 aromatic rings. The standard InChI is InChI=1S/C9H17N3O3/c1-4-15-8(13)6(2)5-7(3)11-12-9(10)14/h6H,4-5H2,1-3H3,(H3,10,12,14)/b11-7+/t6-/m1/s1. The molecule has 0 aromatic carbocycles. The van der Waals surface area contributed by atoms with Crippen LogP contribution in [-0.4, -0.2) is 24.3 Å². The number of nitrogens with two attached hydrogens (primary N) is 1. The first-order chi connectivity index (χ1) is 6.97. The van der Waals surface area contributed by atoms with Crippen LogP contribution in [0, 0.1) is 5.92 Å². The second-order valence-electron chi connectivity index (χ2n) is 3.18. The summed E-state index contributed by atoms with van der Waals surface area (Å²) in [7, 11) is 0. The largest absolute Gasteiger partial charge is 0.466 e. The molecule has 0 rings (SSSR count). The number of rotatable bonds is 5. The third-order valence-electron chi connectivity index (χ3n) is 1.65. The fourth-order valence-corrected chi connectivity index (χ4v) is 1.01. The molecule has 0 radical (unpaired) electrons. The van der Waals surface area contributed by atoms with E-state index in [1.54, 1.807) is 20.8 Å². The molecule has 2 amide bonds. The van der Waals surface area contributed by atoms with Crippen molar-refractivity contribution < 1.29 is 14.3 Å². The van der Waals surface area contributed by atoms with Gasteiger partial charge in [-0.05, 0) is 13.8 Å². The van der Waals surface area contributed by atoms with E-state index in [0.717, 1.165) is 0 Å². The normalized spacial score (nSPS) is 13.1. The van der Waals surface area contributed by atoms with Crippen LogP contribution >= 0.6 is 0 Å². The van der Waals surface area contributed by atoms with Crippen LogP contribution in [-0.2, 0) is 9.53 Å². The summed E-state index contributed by atoms with van der Waals surface area (Å²) in [6.45, 7) is 5.55. The number of primary amides is 1. The zero-order chi connectivity index (χ0) is 11.8. The van der Waals surface area contributed by atoms with Crippen LogP contribution in [0.3, 0.4) is 0 Å². The number of hydrogen-bond donors (Lipinski definition) is 2. The van der Waals surface area contributed by atoms with Crippen molar-refractivity contribution in [2.24, 2.45) is 16.8 Å². The monoisotopic (exact) mass is 215 g/mol. The summed E-state index contributed by atoms with van der Waals surface area (Å²) in [5, 5.41) is 3.69. The highest BCUT2D eigenvalue weighted by atomic mass is 16.5. The number of ether oxygens (including phenoxy) is 1. The molecule has 0 aliphatic carbocycles. The van der Waals surface area contributed by atoms with Crippen LogP contribution in [0.1, 0.15) is 27.2 Å². The molecule has 15 heavy (non-hydrogen) atoms. The van der Waals surface area contributed by atoms with E-state index in [9.17, 15) is 9.59 Å². The topological polar surface area (TPSA) is 93.8 Å². The van der Waals surface area contributed by atoms with Crippen LogP contribution in [0.5, 0.6) is 0 Å². The molecule has 3 N–H and O–H groups in total. The van der Waals surface area contributed by atoms with Gasteiger partial charge in [0.15, 0.2) is 0 Å². The SMILES string of the molecule is CCOC(=O)[C@H](C)C/C(C)=N/NC(N)=O. The van der Waals surface area contributed by atoms with Crippen molar-refractivity contribution in [3.63, 3.8) is 0 Å². The van der Waals surface area contributed by atoms with E-state index in [1.807, 2.05) is 0 Å². The maximum Gasteiger partial charge on any atom is 0.332 e. The Morgan fingerprint density at radius 2 is 2.13 bits per heavy atom. The number of nitrogens with zero attached hydrogens (tertiary/aromatic N) is 1. The number of carbonyl (C=O) groups excluding carboxylic acids is 2. The number of carbonyl (C=O) groups is 2. The Labute approximate surface area is 88.9 Å². The van der Waals surface area contributed by atoms with Crippen molar-refractivity contribution in [1.82, 2.24) is 5.43 Å². The molecule has 0 saturated heterocycles. The molecule has 0 unspecified atom stereocenters. The quantitative estimate of drug-likeness (QED) is 0.400. The summed E-state index contributed by atoms with van der Waals surface area (Å²) in [4.78, 5) is 21.6. The molecule has 0 aromatic heterocycles. The van der Waals surface area contributed by atoms with Gasteiger partial charge in [0, 0.05) is 12.1 Å². The van der Waals surface area contributed by atoms with Crippen LogP contribution < -0.4 is 11.2 Å². The summed E-state index contributed by atoms with van der Waals surface area (Å²) in [6.07, 6.45) is 0.430. The highest BCUT2D eigenvalue weighted by Gasteiger charge is 2.14. The van der Waals surface area contributed by atoms with Gasteiger partial charge in [0.2, 0.25) is 0 Å². The van der Waals surface area contributed by atoms with Crippen molar-refractivity contribution in [2.45, 2.75) is 27.2 Å². The Hall–Kier alpha value is -1.59. The Morgan fingerprint density at radius 1 is 1.53 bits per heavy atom. The summed E-state index contributed by atoms with van der Waals surface area (Å²) in [6, 6.07) is -0.724. The maximum atomic E-state index is 11.2. The first-order valence-corrected chi connectivity index (χ1v) is 4.72. The number of amides is 2. The van der Waals surface area contributed by atoms with Crippen molar-refractivity contribution >= 4 is 17.7 Å². The Kier molecular flexibility index (Phi) is 6.08. The van der Waals surface area contributed by atoms with Crippen LogP contribution in [0.2, 0.25) is 0 Å². The molecule has 0 fully saturated rings. The lowest BCUT2D eigenvalue weighted by atomic mass is 10.1. The number of hydrogen-bond acceptors (Lipinski definition) is 4. The third kappa shape index (κ3) is 6.48. The van der Waals surface area contributed by atoms with Gasteiger partial charge in [-0.2, -0.15) is 5.10 Å². The lowest BCUT2D eigenvalue weighted by molar-refractivity contribution is -0.147. The van der Waals surface area contributed by atoms with Gasteiger partial charge in [-0.3, -0.25) is 4.79 Å².